The van der Waals surface area contributed by atoms with Crippen molar-refractivity contribution in [1.29, 1.82) is 0 Å². The zero-order chi connectivity index (χ0) is 14.6. The van der Waals surface area contributed by atoms with Crippen LogP contribution >= 0.6 is 0 Å². The third kappa shape index (κ3) is 2.96. The van der Waals surface area contributed by atoms with Gasteiger partial charge in [-0.25, -0.2) is 13.1 Å². The van der Waals surface area contributed by atoms with E-state index >= 15 is 0 Å². The number of benzene rings is 1. The Kier molecular flexibility index (Phi) is 4.73. The Balaban J connectivity index is 3.60. The summed E-state index contributed by atoms with van der Waals surface area (Å²) in [6.45, 7) is 0. The van der Waals surface area contributed by atoms with Crippen LogP contribution in [0.2, 0.25) is 0 Å². The summed E-state index contributed by atoms with van der Waals surface area (Å²) in [4.78, 5) is 11.6. The fraction of sp³-hybridized carbons (Fsp3) is 0.364. The largest absolute Gasteiger partial charge is 0.496 e. The Labute approximate surface area is 112 Å². The van der Waals surface area contributed by atoms with Crippen molar-refractivity contribution >= 4 is 15.9 Å². The van der Waals surface area contributed by atoms with Crippen LogP contribution in [-0.2, 0) is 10.0 Å². The molecule has 0 aliphatic rings. The summed E-state index contributed by atoms with van der Waals surface area (Å²) >= 11 is 0. The minimum Gasteiger partial charge on any atom is -0.496 e. The summed E-state index contributed by atoms with van der Waals surface area (Å²) in [6.07, 6.45) is 0. The van der Waals surface area contributed by atoms with Gasteiger partial charge in [0.15, 0.2) is 0 Å². The first-order chi connectivity index (χ1) is 8.91. The van der Waals surface area contributed by atoms with Gasteiger partial charge in [-0.15, -0.1) is 0 Å². The fourth-order valence-electron chi connectivity index (χ4n) is 1.50. The van der Waals surface area contributed by atoms with E-state index in [2.05, 4.69) is 10.0 Å². The molecular weight excluding hydrogens is 272 g/mol. The Bertz CT molecular complexity index is 583. The molecule has 1 aromatic carbocycles. The average Bonchev–Trinajstić information content (AvgIpc) is 2.44. The normalized spacial score (nSPS) is 10.9. The molecule has 0 unspecified atom stereocenters. The quantitative estimate of drug-likeness (QED) is 0.793. The Morgan fingerprint density at radius 3 is 2.11 bits per heavy atom. The maximum Gasteiger partial charge on any atom is 0.254 e. The van der Waals surface area contributed by atoms with Gasteiger partial charge in [0.05, 0.1) is 19.8 Å². The smallest absolute Gasteiger partial charge is 0.254 e. The molecule has 8 heteroatoms. The van der Waals surface area contributed by atoms with Crippen LogP contribution in [0.1, 0.15) is 10.4 Å². The Morgan fingerprint density at radius 1 is 1.11 bits per heavy atom. The van der Waals surface area contributed by atoms with Crippen LogP contribution in [-0.4, -0.2) is 42.6 Å². The van der Waals surface area contributed by atoms with E-state index in [9.17, 15) is 13.2 Å². The van der Waals surface area contributed by atoms with Crippen LogP contribution in [0.5, 0.6) is 11.5 Å². The van der Waals surface area contributed by atoms with Gasteiger partial charge in [-0.1, -0.05) is 0 Å². The van der Waals surface area contributed by atoms with Crippen molar-refractivity contribution in [2.45, 2.75) is 4.90 Å². The highest BCUT2D eigenvalue weighted by molar-refractivity contribution is 7.89. The fourth-order valence-corrected chi connectivity index (χ4v) is 2.40. The first-order valence-corrected chi connectivity index (χ1v) is 6.81. The predicted octanol–water partition coefficient (Wildman–Crippen LogP) is -0.0285. The van der Waals surface area contributed by atoms with E-state index in [1.54, 1.807) is 0 Å². The second-order valence-electron chi connectivity index (χ2n) is 3.49. The number of carbonyl (C=O) groups excluding carboxylic acids is 1. The lowest BCUT2D eigenvalue weighted by Crippen LogP contribution is -2.22. The number of hydrogen-bond acceptors (Lipinski definition) is 5. The summed E-state index contributed by atoms with van der Waals surface area (Å²) in [5.41, 5.74) is 0.111. The van der Waals surface area contributed by atoms with E-state index in [1.807, 2.05) is 0 Å². The number of rotatable bonds is 5. The van der Waals surface area contributed by atoms with Crippen molar-refractivity contribution in [1.82, 2.24) is 10.0 Å². The van der Waals surface area contributed by atoms with E-state index in [1.165, 1.54) is 40.4 Å². The molecular formula is C11H16N2O5S. The van der Waals surface area contributed by atoms with Gasteiger partial charge in [-0.3, -0.25) is 4.79 Å². The summed E-state index contributed by atoms with van der Waals surface area (Å²) in [5.74, 6) is -0.128. The highest BCUT2D eigenvalue weighted by atomic mass is 32.2. The summed E-state index contributed by atoms with van der Waals surface area (Å²) in [7, 11) is 1.70. The van der Waals surface area contributed by atoms with Crippen LogP contribution in [0, 0.1) is 0 Å². The molecule has 0 aliphatic carbocycles. The standard InChI is InChI=1S/C11H16N2O5S/c1-12-11(14)7-5-10(19(15,16)13-2)9(18-4)6-8(7)17-3/h5-6,13H,1-4H3,(H,12,14). The van der Waals surface area contributed by atoms with Crippen LogP contribution in [0.15, 0.2) is 17.0 Å². The number of ether oxygens (including phenoxy) is 2. The second kappa shape index (κ2) is 5.89. The third-order valence-corrected chi connectivity index (χ3v) is 3.95. The molecule has 0 heterocycles. The molecule has 2 N–H and O–H groups in total. The Morgan fingerprint density at radius 2 is 1.68 bits per heavy atom. The average molecular weight is 288 g/mol. The van der Waals surface area contributed by atoms with Crippen LogP contribution in [0.3, 0.4) is 0 Å². The molecule has 1 aromatic rings. The van der Waals surface area contributed by atoms with Gasteiger partial charge in [0.2, 0.25) is 10.0 Å². The van der Waals surface area contributed by atoms with Crippen molar-refractivity contribution in [3.05, 3.63) is 17.7 Å². The monoisotopic (exact) mass is 288 g/mol. The highest BCUT2D eigenvalue weighted by Crippen LogP contribution is 2.31. The number of nitrogens with one attached hydrogen (secondary N) is 2. The number of hydrogen-bond donors (Lipinski definition) is 2. The van der Waals surface area contributed by atoms with Gasteiger partial charge >= 0.3 is 0 Å². The van der Waals surface area contributed by atoms with Crippen LogP contribution in [0.25, 0.3) is 0 Å². The first kappa shape index (κ1) is 15.3. The van der Waals surface area contributed by atoms with E-state index in [0.717, 1.165) is 0 Å². The lowest BCUT2D eigenvalue weighted by atomic mass is 10.1. The molecule has 0 saturated heterocycles. The molecule has 7 nitrogen and oxygen atoms in total. The molecule has 0 saturated carbocycles. The number of sulfonamides is 1. The molecule has 19 heavy (non-hydrogen) atoms. The van der Waals surface area contributed by atoms with E-state index in [0.29, 0.717) is 0 Å². The molecule has 0 atom stereocenters. The van der Waals surface area contributed by atoms with Gasteiger partial charge in [0, 0.05) is 13.1 Å². The van der Waals surface area contributed by atoms with Gasteiger partial charge in [0.25, 0.3) is 5.91 Å². The maximum atomic E-state index is 11.9. The molecule has 0 aromatic heterocycles. The molecule has 1 amide bonds. The van der Waals surface area contributed by atoms with Crippen molar-refractivity contribution in [2.24, 2.45) is 0 Å². The minimum atomic E-state index is -3.74. The summed E-state index contributed by atoms with van der Waals surface area (Å²) in [6, 6.07) is 2.57. The third-order valence-electron chi connectivity index (χ3n) is 2.52. The molecule has 106 valence electrons. The second-order valence-corrected chi connectivity index (χ2v) is 5.34. The lowest BCUT2D eigenvalue weighted by Gasteiger charge is -2.14. The maximum absolute atomic E-state index is 11.9. The van der Waals surface area contributed by atoms with E-state index in [4.69, 9.17) is 9.47 Å². The predicted molar refractivity (Wildman–Crippen MR) is 69.2 cm³/mol. The number of carbonyl (C=O) groups is 1. The molecule has 0 spiro atoms. The topological polar surface area (TPSA) is 93.7 Å². The molecule has 1 rings (SSSR count). The molecule has 0 radical (unpaired) electrons. The first-order valence-electron chi connectivity index (χ1n) is 5.33. The SMILES string of the molecule is CNC(=O)c1cc(S(=O)(=O)NC)c(OC)cc1OC. The molecule has 0 bridgehead atoms. The van der Waals surface area contributed by atoms with Crippen molar-refractivity contribution in [3.63, 3.8) is 0 Å². The Hall–Kier alpha value is -1.80. The van der Waals surface area contributed by atoms with Crippen molar-refractivity contribution in [2.75, 3.05) is 28.3 Å². The number of amides is 1. The zero-order valence-electron chi connectivity index (χ0n) is 11.1. The molecule has 0 fully saturated rings. The zero-order valence-corrected chi connectivity index (χ0v) is 11.9. The minimum absolute atomic E-state index is 0.0962. The van der Waals surface area contributed by atoms with Gasteiger partial charge < -0.3 is 14.8 Å². The van der Waals surface area contributed by atoms with Gasteiger partial charge in [0.1, 0.15) is 16.4 Å². The van der Waals surface area contributed by atoms with Crippen LogP contribution in [0.4, 0.5) is 0 Å². The van der Waals surface area contributed by atoms with Crippen molar-refractivity contribution in [3.8, 4) is 11.5 Å². The molecule has 0 aliphatic heterocycles. The van der Waals surface area contributed by atoms with E-state index < -0.39 is 15.9 Å². The van der Waals surface area contributed by atoms with Gasteiger partial charge in [-0.2, -0.15) is 0 Å². The summed E-state index contributed by atoms with van der Waals surface area (Å²) < 4.78 is 36.0. The number of methoxy groups -OCH3 is 2. The highest BCUT2D eigenvalue weighted by Gasteiger charge is 2.23. The lowest BCUT2D eigenvalue weighted by molar-refractivity contribution is 0.0959. The van der Waals surface area contributed by atoms with E-state index in [-0.39, 0.29) is 22.0 Å². The van der Waals surface area contributed by atoms with Gasteiger partial charge in [-0.05, 0) is 13.1 Å². The summed E-state index contributed by atoms with van der Waals surface area (Å²) in [5, 5.41) is 2.42. The van der Waals surface area contributed by atoms with Crippen molar-refractivity contribution < 1.29 is 22.7 Å². The van der Waals surface area contributed by atoms with Crippen LogP contribution < -0.4 is 19.5 Å².